The molecule has 1 amide bonds. The summed E-state index contributed by atoms with van der Waals surface area (Å²) in [6.45, 7) is 0. The van der Waals surface area contributed by atoms with Gasteiger partial charge in [0.1, 0.15) is 0 Å². The summed E-state index contributed by atoms with van der Waals surface area (Å²) in [5.74, 6) is -0.149. The fourth-order valence-corrected chi connectivity index (χ4v) is 8.52. The van der Waals surface area contributed by atoms with E-state index in [1.165, 1.54) is 20.7 Å². The van der Waals surface area contributed by atoms with E-state index in [0.717, 1.165) is 31.4 Å². The summed E-state index contributed by atoms with van der Waals surface area (Å²) in [7, 11) is 0. The molecule has 0 saturated heterocycles. The topological polar surface area (TPSA) is 46.9 Å². The number of amides is 1. The number of benzene rings is 1. The number of hydrogen-bond acceptors (Lipinski definition) is 2. The van der Waals surface area contributed by atoms with E-state index in [1.54, 1.807) is 16.8 Å². The zero-order valence-electron chi connectivity index (χ0n) is 16.0. The standard InChI is InChI=1S/C21H21Br2Cl2N3OSe/c22-17-10-9-16(30-17)20-18(23)19(21(29)26-13-5-3-1-2-4-6-13)27-28(20)15-8-7-12(24)11-14(15)25/h7-11,13H,1-6,30H2,(H,26,29). The Labute approximate surface area is 208 Å². The number of rotatable bonds is 4. The fourth-order valence-electron chi connectivity index (χ4n) is 3.79. The van der Waals surface area contributed by atoms with Crippen molar-refractivity contribution in [1.29, 1.82) is 0 Å². The Morgan fingerprint density at radius 3 is 2.50 bits per heavy atom. The molecule has 0 spiro atoms. The van der Waals surface area contributed by atoms with Crippen molar-refractivity contribution < 1.29 is 4.79 Å². The maximum absolute atomic E-state index is 13.2. The van der Waals surface area contributed by atoms with Crippen LogP contribution in [0.25, 0.3) is 10.2 Å². The first kappa shape index (κ1) is 22.6. The molecule has 1 saturated carbocycles. The zero-order valence-corrected chi connectivity index (χ0v) is 22.8. The number of carbonyl (C=O) groups is 1. The van der Waals surface area contributed by atoms with Crippen LogP contribution in [0.5, 0.6) is 0 Å². The van der Waals surface area contributed by atoms with Crippen LogP contribution in [0.3, 0.4) is 0 Å². The van der Waals surface area contributed by atoms with Crippen molar-refractivity contribution in [3.63, 3.8) is 0 Å². The maximum atomic E-state index is 13.2. The van der Waals surface area contributed by atoms with Gasteiger partial charge in [-0.15, -0.1) is 0 Å². The Morgan fingerprint density at radius 2 is 1.87 bits per heavy atom. The minimum atomic E-state index is -0.538. The monoisotopic (exact) mass is 639 g/mol. The van der Waals surface area contributed by atoms with Gasteiger partial charge in [-0.05, 0) is 0 Å². The third kappa shape index (κ3) is 4.92. The van der Waals surface area contributed by atoms with Gasteiger partial charge in [0.2, 0.25) is 0 Å². The molecule has 1 aliphatic heterocycles. The molecule has 2 aromatic rings. The van der Waals surface area contributed by atoms with Crippen LogP contribution in [0.1, 0.15) is 54.7 Å². The molecular weight excluding hydrogens is 620 g/mol. The molecule has 1 aromatic heterocycles. The van der Waals surface area contributed by atoms with E-state index in [2.05, 4.69) is 49.3 Å². The van der Waals surface area contributed by atoms with E-state index >= 15 is 0 Å². The van der Waals surface area contributed by atoms with Gasteiger partial charge in [-0.1, -0.05) is 0 Å². The third-order valence-electron chi connectivity index (χ3n) is 5.28. The van der Waals surface area contributed by atoms with E-state index in [4.69, 9.17) is 28.3 Å². The fraction of sp³-hybridized carbons (Fsp3) is 0.333. The van der Waals surface area contributed by atoms with Crippen LogP contribution in [0.15, 0.2) is 38.2 Å². The van der Waals surface area contributed by atoms with Crippen LogP contribution in [0, 0.1) is 0 Å². The number of aromatic nitrogens is 2. The summed E-state index contributed by atoms with van der Waals surface area (Å²) in [6.07, 6.45) is 11.0. The van der Waals surface area contributed by atoms with Crippen molar-refractivity contribution in [2.45, 2.75) is 44.6 Å². The summed E-state index contributed by atoms with van der Waals surface area (Å²) >= 11 is 19.3. The number of carbonyl (C=O) groups excluding carboxylic acids is 1. The molecule has 9 heteroatoms. The van der Waals surface area contributed by atoms with Crippen LogP contribution < -0.4 is 5.32 Å². The first-order valence-corrected chi connectivity index (χ1v) is 14.3. The van der Waals surface area contributed by atoms with Crippen molar-refractivity contribution in [2.75, 3.05) is 0 Å². The van der Waals surface area contributed by atoms with Crippen LogP contribution in [-0.2, 0) is 0 Å². The van der Waals surface area contributed by atoms with E-state index in [-0.39, 0.29) is 11.9 Å². The van der Waals surface area contributed by atoms with Crippen LogP contribution in [-0.4, -0.2) is 36.7 Å². The van der Waals surface area contributed by atoms with Gasteiger partial charge in [-0.25, -0.2) is 0 Å². The van der Waals surface area contributed by atoms with Crippen molar-refractivity contribution >= 4 is 80.4 Å². The first-order valence-electron chi connectivity index (χ1n) is 9.83. The SMILES string of the molecule is O=C(NC1CCCCCC1)c1nn(-c2ccc(Cl)cc2Cl)c(C2=CC=C(Br)[SeH2]2)c1Br. The van der Waals surface area contributed by atoms with Crippen LogP contribution >= 0.6 is 55.1 Å². The van der Waals surface area contributed by atoms with Crippen molar-refractivity contribution in [3.05, 3.63) is 59.6 Å². The molecule has 0 unspecified atom stereocenters. The molecule has 2 aliphatic rings. The van der Waals surface area contributed by atoms with Gasteiger partial charge in [-0.3, -0.25) is 0 Å². The second-order valence-corrected chi connectivity index (χ2v) is 14.2. The number of hydrogen-bond donors (Lipinski definition) is 1. The van der Waals surface area contributed by atoms with Crippen molar-refractivity contribution in [3.8, 4) is 5.69 Å². The van der Waals surface area contributed by atoms with Gasteiger partial charge in [0.25, 0.3) is 0 Å². The van der Waals surface area contributed by atoms with Gasteiger partial charge in [0, 0.05) is 0 Å². The Kier molecular flexibility index (Phi) is 7.49. The summed E-state index contributed by atoms with van der Waals surface area (Å²) in [5.41, 5.74) is 1.95. The Hall–Kier alpha value is -0.561. The summed E-state index contributed by atoms with van der Waals surface area (Å²) < 4.78 is 4.83. The normalized spacial score (nSPS) is 18.8. The second kappa shape index (κ2) is 9.93. The molecule has 4 rings (SSSR count). The zero-order chi connectivity index (χ0) is 21.3. The van der Waals surface area contributed by atoms with E-state index in [0.29, 0.717) is 25.9 Å². The quantitative estimate of drug-likeness (QED) is 0.322. The minimum absolute atomic E-state index is 0.149. The molecule has 0 atom stereocenters. The number of nitrogens with one attached hydrogen (secondary N) is 1. The molecule has 4 nitrogen and oxygen atoms in total. The molecule has 2 heterocycles. The Morgan fingerprint density at radius 1 is 1.13 bits per heavy atom. The number of allylic oxidation sites excluding steroid dienone is 2. The average molecular weight is 641 g/mol. The summed E-state index contributed by atoms with van der Waals surface area (Å²) in [6, 6.07) is 5.50. The van der Waals surface area contributed by atoms with Crippen molar-refractivity contribution in [1.82, 2.24) is 15.1 Å². The predicted molar refractivity (Wildman–Crippen MR) is 134 cm³/mol. The van der Waals surface area contributed by atoms with E-state index in [1.807, 2.05) is 6.07 Å². The van der Waals surface area contributed by atoms with Crippen molar-refractivity contribution in [2.24, 2.45) is 0 Å². The molecule has 160 valence electrons. The van der Waals surface area contributed by atoms with E-state index < -0.39 is 15.0 Å². The number of halogens is 4. The van der Waals surface area contributed by atoms with Crippen LogP contribution in [0.4, 0.5) is 0 Å². The Bertz CT molecular complexity index is 1040. The van der Waals surface area contributed by atoms with Gasteiger partial charge in [0.05, 0.1) is 0 Å². The number of nitrogens with zero attached hydrogens (tertiary/aromatic N) is 2. The van der Waals surface area contributed by atoms with Gasteiger partial charge < -0.3 is 0 Å². The molecule has 1 aromatic carbocycles. The molecule has 1 fully saturated rings. The van der Waals surface area contributed by atoms with E-state index in [9.17, 15) is 4.79 Å². The third-order valence-corrected chi connectivity index (χ3v) is 10.1. The van der Waals surface area contributed by atoms with Gasteiger partial charge >= 0.3 is 210 Å². The Balaban J connectivity index is 1.73. The first-order chi connectivity index (χ1) is 14.4. The van der Waals surface area contributed by atoms with Gasteiger partial charge in [0.15, 0.2) is 0 Å². The summed E-state index contributed by atoms with van der Waals surface area (Å²) in [5, 5.41) is 8.94. The molecule has 0 bridgehead atoms. The molecule has 1 aliphatic carbocycles. The van der Waals surface area contributed by atoms with Crippen LogP contribution in [0.2, 0.25) is 10.0 Å². The van der Waals surface area contributed by atoms with Gasteiger partial charge in [-0.2, -0.15) is 0 Å². The summed E-state index contributed by atoms with van der Waals surface area (Å²) in [4.78, 5) is 13.2. The molecule has 0 radical (unpaired) electrons. The second-order valence-electron chi connectivity index (χ2n) is 7.40. The average Bonchev–Trinajstić information content (AvgIpc) is 3.16. The molecule has 1 N–H and O–H groups in total. The molecular formula is C21H21Br2Cl2N3OSe. The molecule has 30 heavy (non-hydrogen) atoms. The predicted octanol–water partition coefficient (Wildman–Crippen LogP) is 6.15.